The molecule has 0 aliphatic carbocycles. The Balaban J connectivity index is 1.73. The highest BCUT2D eigenvalue weighted by Gasteiger charge is 2.16. The average Bonchev–Trinajstić information content (AvgIpc) is 3.11. The maximum Gasteiger partial charge on any atom is 0.234 e. The quantitative estimate of drug-likeness (QED) is 0.562. The van der Waals surface area contributed by atoms with Crippen molar-refractivity contribution in [2.75, 3.05) is 24.8 Å². The molecule has 0 bridgehead atoms. The number of thioether (sulfide) groups is 1. The van der Waals surface area contributed by atoms with Gasteiger partial charge in [0.1, 0.15) is 0 Å². The number of nitrogens with one attached hydrogen (secondary N) is 1. The number of carbonyl (C=O) groups excluding carboxylic acids is 1. The van der Waals surface area contributed by atoms with Crippen molar-refractivity contribution in [2.45, 2.75) is 32.5 Å². The molecular formula is C22H26N4O2S. The van der Waals surface area contributed by atoms with Crippen molar-refractivity contribution in [3.63, 3.8) is 0 Å². The summed E-state index contributed by atoms with van der Waals surface area (Å²) in [6, 6.07) is 14.0. The lowest BCUT2D eigenvalue weighted by molar-refractivity contribution is -0.113. The largest absolute Gasteiger partial charge is 0.383 e. The second-order valence-corrected chi connectivity index (χ2v) is 7.87. The SMILES string of the molecule is COCCn1c(SCC(=O)Nc2c(C)cc(C)cc2C)nnc1-c1ccccc1. The second-order valence-electron chi connectivity index (χ2n) is 6.93. The monoisotopic (exact) mass is 410 g/mol. The highest BCUT2D eigenvalue weighted by molar-refractivity contribution is 7.99. The van der Waals surface area contributed by atoms with E-state index in [1.807, 2.05) is 48.7 Å². The summed E-state index contributed by atoms with van der Waals surface area (Å²) in [5, 5.41) is 12.4. The number of nitrogens with zero attached hydrogens (tertiary/aromatic N) is 3. The molecular weight excluding hydrogens is 384 g/mol. The van der Waals surface area contributed by atoms with Crippen LogP contribution in [0.3, 0.4) is 0 Å². The van der Waals surface area contributed by atoms with E-state index in [1.54, 1.807) is 7.11 Å². The summed E-state index contributed by atoms with van der Waals surface area (Å²) < 4.78 is 7.24. The Hall–Kier alpha value is -2.64. The van der Waals surface area contributed by atoms with E-state index >= 15 is 0 Å². The van der Waals surface area contributed by atoms with Gasteiger partial charge in [0, 0.05) is 18.4 Å². The van der Waals surface area contributed by atoms with Crippen molar-refractivity contribution in [3.8, 4) is 11.4 Å². The van der Waals surface area contributed by atoms with Gasteiger partial charge in [0.25, 0.3) is 0 Å². The zero-order valence-electron chi connectivity index (χ0n) is 17.2. The molecule has 0 aliphatic rings. The molecule has 0 radical (unpaired) electrons. The van der Waals surface area contributed by atoms with Crippen LogP contribution in [0.25, 0.3) is 11.4 Å². The summed E-state index contributed by atoms with van der Waals surface area (Å²) in [6.45, 7) is 7.23. The van der Waals surface area contributed by atoms with E-state index < -0.39 is 0 Å². The lowest BCUT2D eigenvalue weighted by atomic mass is 10.1. The molecule has 0 saturated heterocycles. The zero-order valence-corrected chi connectivity index (χ0v) is 18.0. The third-order valence-corrected chi connectivity index (χ3v) is 5.51. The van der Waals surface area contributed by atoms with Crippen LogP contribution in [-0.2, 0) is 16.1 Å². The first-order chi connectivity index (χ1) is 14.0. The number of benzene rings is 2. The smallest absolute Gasteiger partial charge is 0.234 e. The normalized spacial score (nSPS) is 10.9. The minimum absolute atomic E-state index is 0.0624. The Morgan fingerprint density at radius 1 is 1.10 bits per heavy atom. The van der Waals surface area contributed by atoms with E-state index in [2.05, 4.69) is 34.6 Å². The summed E-state index contributed by atoms with van der Waals surface area (Å²) in [5.74, 6) is 0.968. The number of carbonyl (C=O) groups is 1. The fraction of sp³-hybridized carbons (Fsp3) is 0.318. The predicted octanol–water partition coefficient (Wildman–Crippen LogP) is 4.25. The van der Waals surface area contributed by atoms with Gasteiger partial charge in [0.15, 0.2) is 11.0 Å². The zero-order chi connectivity index (χ0) is 20.8. The van der Waals surface area contributed by atoms with E-state index in [0.717, 1.165) is 28.2 Å². The molecule has 1 heterocycles. The van der Waals surface area contributed by atoms with Gasteiger partial charge in [-0.15, -0.1) is 10.2 Å². The molecule has 0 atom stereocenters. The molecule has 0 saturated carbocycles. The van der Waals surface area contributed by atoms with Crippen LogP contribution in [0.2, 0.25) is 0 Å². The molecule has 0 aliphatic heterocycles. The van der Waals surface area contributed by atoms with Crippen LogP contribution >= 0.6 is 11.8 Å². The standard InChI is InChI=1S/C22H26N4O2S/c1-15-12-16(2)20(17(3)13-15)23-19(27)14-29-22-25-24-21(26(22)10-11-28-4)18-8-6-5-7-9-18/h5-9,12-13H,10-11,14H2,1-4H3,(H,23,27). The Labute approximate surface area is 175 Å². The molecule has 1 N–H and O–H groups in total. The highest BCUT2D eigenvalue weighted by atomic mass is 32.2. The van der Waals surface area contributed by atoms with Crippen LogP contribution in [0.5, 0.6) is 0 Å². The van der Waals surface area contributed by atoms with E-state index in [9.17, 15) is 4.79 Å². The summed E-state index contributed by atoms with van der Waals surface area (Å²) in [5.41, 5.74) is 5.18. The van der Waals surface area contributed by atoms with Gasteiger partial charge in [-0.05, 0) is 31.9 Å². The van der Waals surface area contributed by atoms with Crippen LogP contribution < -0.4 is 5.32 Å². The molecule has 152 valence electrons. The van der Waals surface area contributed by atoms with Crippen molar-refractivity contribution >= 4 is 23.4 Å². The third-order valence-electron chi connectivity index (χ3n) is 4.54. The Bertz CT molecular complexity index is 963. The van der Waals surface area contributed by atoms with E-state index in [0.29, 0.717) is 18.3 Å². The molecule has 1 amide bonds. The molecule has 3 aromatic rings. The number of anilines is 1. The minimum atomic E-state index is -0.0624. The summed E-state index contributed by atoms with van der Waals surface area (Å²) in [4.78, 5) is 12.6. The molecule has 0 spiro atoms. The molecule has 0 unspecified atom stereocenters. The maximum atomic E-state index is 12.6. The molecule has 29 heavy (non-hydrogen) atoms. The van der Waals surface area contributed by atoms with Gasteiger partial charge in [0.05, 0.1) is 18.9 Å². The highest BCUT2D eigenvalue weighted by Crippen LogP contribution is 2.25. The van der Waals surface area contributed by atoms with Crippen LogP contribution in [0.1, 0.15) is 16.7 Å². The lowest BCUT2D eigenvalue weighted by Crippen LogP contribution is -2.16. The first-order valence-electron chi connectivity index (χ1n) is 9.47. The van der Waals surface area contributed by atoms with Crippen molar-refractivity contribution in [2.24, 2.45) is 0 Å². The third kappa shape index (κ3) is 5.25. The molecule has 7 heteroatoms. The number of amides is 1. The van der Waals surface area contributed by atoms with Gasteiger partial charge in [-0.2, -0.15) is 0 Å². The van der Waals surface area contributed by atoms with Crippen molar-refractivity contribution in [3.05, 3.63) is 59.2 Å². The van der Waals surface area contributed by atoms with Gasteiger partial charge in [-0.3, -0.25) is 9.36 Å². The molecule has 1 aromatic heterocycles. The fourth-order valence-electron chi connectivity index (χ4n) is 3.26. The molecule has 2 aromatic carbocycles. The van der Waals surface area contributed by atoms with Crippen LogP contribution in [0.4, 0.5) is 5.69 Å². The maximum absolute atomic E-state index is 12.6. The number of methoxy groups -OCH3 is 1. The van der Waals surface area contributed by atoms with E-state index in [1.165, 1.54) is 17.3 Å². The molecule has 0 fully saturated rings. The van der Waals surface area contributed by atoms with E-state index in [4.69, 9.17) is 4.74 Å². The average molecular weight is 411 g/mol. The number of ether oxygens (including phenoxy) is 1. The first kappa shape index (κ1) is 21.1. The van der Waals surface area contributed by atoms with Crippen molar-refractivity contribution < 1.29 is 9.53 Å². The van der Waals surface area contributed by atoms with Gasteiger partial charge in [-0.1, -0.05) is 59.8 Å². The van der Waals surface area contributed by atoms with Crippen molar-refractivity contribution in [1.29, 1.82) is 0 Å². The molecule has 3 rings (SSSR count). The van der Waals surface area contributed by atoms with Crippen LogP contribution in [0, 0.1) is 20.8 Å². The predicted molar refractivity (Wildman–Crippen MR) is 117 cm³/mol. The summed E-state index contributed by atoms with van der Waals surface area (Å²) in [7, 11) is 1.67. The number of hydrogen-bond donors (Lipinski definition) is 1. The first-order valence-corrected chi connectivity index (χ1v) is 10.5. The Kier molecular flexibility index (Phi) is 7.06. The number of rotatable bonds is 8. The van der Waals surface area contributed by atoms with Gasteiger partial charge >= 0.3 is 0 Å². The second kappa shape index (κ2) is 9.71. The number of aryl methyl sites for hydroxylation is 3. The Morgan fingerprint density at radius 3 is 2.45 bits per heavy atom. The van der Waals surface area contributed by atoms with Gasteiger partial charge < -0.3 is 10.1 Å². The number of aromatic nitrogens is 3. The van der Waals surface area contributed by atoms with E-state index in [-0.39, 0.29) is 11.7 Å². The van der Waals surface area contributed by atoms with Gasteiger partial charge in [-0.25, -0.2) is 0 Å². The van der Waals surface area contributed by atoms with Crippen LogP contribution in [0.15, 0.2) is 47.6 Å². The fourth-order valence-corrected chi connectivity index (χ4v) is 4.03. The lowest BCUT2D eigenvalue weighted by Gasteiger charge is -2.13. The summed E-state index contributed by atoms with van der Waals surface area (Å²) >= 11 is 1.38. The topological polar surface area (TPSA) is 69.0 Å². The van der Waals surface area contributed by atoms with Crippen LogP contribution in [-0.4, -0.2) is 40.1 Å². The number of hydrogen-bond acceptors (Lipinski definition) is 5. The Morgan fingerprint density at radius 2 is 1.79 bits per heavy atom. The van der Waals surface area contributed by atoms with Crippen molar-refractivity contribution in [1.82, 2.24) is 14.8 Å². The minimum Gasteiger partial charge on any atom is -0.383 e. The van der Waals surface area contributed by atoms with Gasteiger partial charge in [0.2, 0.25) is 5.91 Å². The summed E-state index contributed by atoms with van der Waals surface area (Å²) in [6.07, 6.45) is 0. The molecule has 6 nitrogen and oxygen atoms in total.